The summed E-state index contributed by atoms with van der Waals surface area (Å²) in [6.07, 6.45) is 3.64. The molecular formula is C12H18N2O3. The van der Waals surface area contributed by atoms with Crippen molar-refractivity contribution in [3.63, 3.8) is 0 Å². The summed E-state index contributed by atoms with van der Waals surface area (Å²) in [6, 6.07) is 0.657. The van der Waals surface area contributed by atoms with Crippen LogP contribution in [0.2, 0.25) is 0 Å². The first-order valence-electron chi connectivity index (χ1n) is 6.01. The molecule has 2 rings (SSSR count). The summed E-state index contributed by atoms with van der Waals surface area (Å²) < 4.78 is 10.5. The van der Waals surface area contributed by atoms with Crippen LogP contribution in [0, 0.1) is 6.92 Å². The molecule has 5 heteroatoms. The fourth-order valence-electron chi connectivity index (χ4n) is 1.94. The number of piperidine rings is 1. The van der Waals surface area contributed by atoms with Crippen LogP contribution in [-0.4, -0.2) is 24.0 Å². The minimum Gasteiger partial charge on any atom is -0.459 e. The van der Waals surface area contributed by atoms with Crippen molar-refractivity contribution in [3.05, 3.63) is 11.5 Å². The summed E-state index contributed by atoms with van der Waals surface area (Å²) >= 11 is 0. The standard InChI is InChI=1S/C12H18N2O3/c1-9-11(8-16-10(2)15)13-12(17-9)14-6-4-3-5-7-14/h3-8H2,1-2H3. The maximum atomic E-state index is 10.7. The van der Waals surface area contributed by atoms with Crippen LogP contribution in [0.25, 0.3) is 0 Å². The minimum atomic E-state index is -0.299. The molecule has 2 heterocycles. The predicted molar refractivity (Wildman–Crippen MR) is 62.8 cm³/mol. The number of hydrogen-bond donors (Lipinski definition) is 0. The zero-order valence-electron chi connectivity index (χ0n) is 10.4. The molecule has 1 saturated heterocycles. The van der Waals surface area contributed by atoms with Gasteiger partial charge in [-0.1, -0.05) is 0 Å². The summed E-state index contributed by atoms with van der Waals surface area (Å²) in [4.78, 5) is 17.3. The van der Waals surface area contributed by atoms with Gasteiger partial charge in [0.25, 0.3) is 6.01 Å². The summed E-state index contributed by atoms with van der Waals surface area (Å²) in [5, 5.41) is 0. The van der Waals surface area contributed by atoms with Crippen molar-refractivity contribution >= 4 is 12.0 Å². The van der Waals surface area contributed by atoms with Gasteiger partial charge in [0.1, 0.15) is 18.1 Å². The smallest absolute Gasteiger partial charge is 0.303 e. The number of anilines is 1. The molecule has 17 heavy (non-hydrogen) atoms. The lowest BCUT2D eigenvalue weighted by molar-refractivity contribution is -0.142. The van der Waals surface area contributed by atoms with Gasteiger partial charge >= 0.3 is 5.97 Å². The second-order valence-corrected chi connectivity index (χ2v) is 4.33. The highest BCUT2D eigenvalue weighted by atomic mass is 16.5. The number of aromatic nitrogens is 1. The third-order valence-corrected chi connectivity index (χ3v) is 2.92. The van der Waals surface area contributed by atoms with Gasteiger partial charge in [-0.2, -0.15) is 4.98 Å². The van der Waals surface area contributed by atoms with Crippen LogP contribution in [-0.2, 0) is 16.1 Å². The maximum absolute atomic E-state index is 10.7. The highest BCUT2D eigenvalue weighted by Crippen LogP contribution is 2.22. The number of carbonyl (C=O) groups is 1. The SMILES string of the molecule is CC(=O)OCc1nc(N2CCCCC2)oc1C. The third kappa shape index (κ3) is 2.99. The van der Waals surface area contributed by atoms with Crippen LogP contribution in [0.1, 0.15) is 37.6 Å². The summed E-state index contributed by atoms with van der Waals surface area (Å²) in [7, 11) is 0. The summed E-state index contributed by atoms with van der Waals surface area (Å²) in [5.74, 6) is 0.429. The number of esters is 1. The Morgan fingerprint density at radius 3 is 2.76 bits per heavy atom. The summed E-state index contributed by atoms with van der Waals surface area (Å²) in [5.41, 5.74) is 0.709. The Morgan fingerprint density at radius 1 is 1.41 bits per heavy atom. The average Bonchev–Trinajstić information content (AvgIpc) is 2.69. The van der Waals surface area contributed by atoms with Crippen molar-refractivity contribution in [1.82, 2.24) is 4.98 Å². The molecule has 1 aliphatic rings. The highest BCUT2D eigenvalue weighted by molar-refractivity contribution is 5.65. The van der Waals surface area contributed by atoms with Crippen LogP contribution in [0.4, 0.5) is 6.01 Å². The number of nitrogens with zero attached hydrogens (tertiary/aromatic N) is 2. The highest BCUT2D eigenvalue weighted by Gasteiger charge is 2.18. The van der Waals surface area contributed by atoms with Crippen molar-refractivity contribution in [2.24, 2.45) is 0 Å². The molecule has 1 aliphatic heterocycles. The molecule has 1 fully saturated rings. The van der Waals surface area contributed by atoms with Crippen LogP contribution >= 0.6 is 0 Å². The van der Waals surface area contributed by atoms with E-state index < -0.39 is 0 Å². The van der Waals surface area contributed by atoms with Crippen LogP contribution < -0.4 is 4.90 Å². The van der Waals surface area contributed by atoms with E-state index in [-0.39, 0.29) is 12.6 Å². The Kier molecular flexibility index (Phi) is 3.66. The Bertz CT molecular complexity index is 394. The van der Waals surface area contributed by atoms with Gasteiger partial charge in [0.2, 0.25) is 0 Å². The molecule has 94 valence electrons. The van der Waals surface area contributed by atoms with E-state index in [1.807, 2.05) is 6.92 Å². The lowest BCUT2D eigenvalue weighted by Crippen LogP contribution is -2.29. The average molecular weight is 238 g/mol. The molecule has 0 spiro atoms. The van der Waals surface area contributed by atoms with Gasteiger partial charge in [-0.05, 0) is 26.2 Å². The lowest BCUT2D eigenvalue weighted by atomic mass is 10.1. The molecule has 0 bridgehead atoms. The predicted octanol–water partition coefficient (Wildman–Crippen LogP) is 2.04. The fourth-order valence-corrected chi connectivity index (χ4v) is 1.94. The van der Waals surface area contributed by atoms with E-state index in [0.717, 1.165) is 18.8 Å². The first kappa shape index (κ1) is 12.0. The van der Waals surface area contributed by atoms with Gasteiger partial charge in [-0.3, -0.25) is 4.79 Å². The van der Waals surface area contributed by atoms with E-state index in [2.05, 4.69) is 9.88 Å². The number of oxazole rings is 1. The van der Waals surface area contributed by atoms with Crippen molar-refractivity contribution < 1.29 is 13.9 Å². The second kappa shape index (κ2) is 5.21. The van der Waals surface area contributed by atoms with Crippen LogP contribution in [0.3, 0.4) is 0 Å². The van der Waals surface area contributed by atoms with Crippen molar-refractivity contribution in [1.29, 1.82) is 0 Å². The zero-order chi connectivity index (χ0) is 12.3. The topological polar surface area (TPSA) is 55.6 Å². The normalized spacial score (nSPS) is 16.0. The number of aryl methyl sites for hydroxylation is 1. The Hall–Kier alpha value is -1.52. The monoisotopic (exact) mass is 238 g/mol. The molecule has 5 nitrogen and oxygen atoms in total. The van der Waals surface area contributed by atoms with Crippen molar-refractivity contribution in [2.75, 3.05) is 18.0 Å². The minimum absolute atomic E-state index is 0.193. The van der Waals surface area contributed by atoms with Gasteiger partial charge in [0.15, 0.2) is 0 Å². The molecule has 0 amide bonds. The first-order chi connectivity index (χ1) is 8.16. The lowest BCUT2D eigenvalue weighted by Gasteiger charge is -2.24. The zero-order valence-corrected chi connectivity index (χ0v) is 10.4. The molecule has 0 unspecified atom stereocenters. The molecule has 1 aromatic rings. The van der Waals surface area contributed by atoms with E-state index in [1.165, 1.54) is 26.2 Å². The van der Waals surface area contributed by atoms with Gasteiger partial charge in [0, 0.05) is 20.0 Å². The largest absolute Gasteiger partial charge is 0.459 e. The maximum Gasteiger partial charge on any atom is 0.303 e. The number of rotatable bonds is 3. The van der Waals surface area contributed by atoms with Gasteiger partial charge in [0.05, 0.1) is 0 Å². The van der Waals surface area contributed by atoms with Gasteiger partial charge < -0.3 is 14.1 Å². The molecule has 0 N–H and O–H groups in total. The Balaban J connectivity index is 2.03. The van der Waals surface area contributed by atoms with Gasteiger partial charge in [-0.25, -0.2) is 0 Å². The molecule has 0 atom stereocenters. The number of ether oxygens (including phenoxy) is 1. The Morgan fingerprint density at radius 2 is 2.12 bits per heavy atom. The van der Waals surface area contributed by atoms with E-state index in [4.69, 9.17) is 9.15 Å². The molecular weight excluding hydrogens is 220 g/mol. The number of hydrogen-bond acceptors (Lipinski definition) is 5. The van der Waals surface area contributed by atoms with Crippen molar-refractivity contribution in [2.45, 2.75) is 39.7 Å². The second-order valence-electron chi connectivity index (χ2n) is 4.33. The fraction of sp³-hybridized carbons (Fsp3) is 0.667. The van der Waals surface area contributed by atoms with Crippen LogP contribution in [0.15, 0.2) is 4.42 Å². The molecule has 0 aromatic carbocycles. The third-order valence-electron chi connectivity index (χ3n) is 2.92. The van der Waals surface area contributed by atoms with Crippen LogP contribution in [0.5, 0.6) is 0 Å². The van der Waals surface area contributed by atoms with E-state index in [0.29, 0.717) is 11.7 Å². The molecule has 0 aliphatic carbocycles. The quantitative estimate of drug-likeness (QED) is 0.754. The molecule has 0 radical (unpaired) electrons. The van der Waals surface area contributed by atoms with Gasteiger partial charge in [-0.15, -0.1) is 0 Å². The van der Waals surface area contributed by atoms with E-state index in [1.54, 1.807) is 0 Å². The summed E-state index contributed by atoms with van der Waals surface area (Å²) in [6.45, 7) is 5.42. The first-order valence-corrected chi connectivity index (χ1v) is 6.01. The van der Waals surface area contributed by atoms with E-state index in [9.17, 15) is 4.79 Å². The van der Waals surface area contributed by atoms with E-state index >= 15 is 0 Å². The number of carbonyl (C=O) groups excluding carboxylic acids is 1. The molecule has 1 aromatic heterocycles. The Labute approximate surface area is 101 Å². The van der Waals surface area contributed by atoms with Crippen molar-refractivity contribution in [3.8, 4) is 0 Å². The molecule has 0 saturated carbocycles.